The standard InChI is InChI=1S/C24H23Cl2FN2O4S2/c1-24(2,12-14-4-9-20(26)34-14)29(17(22(28)32)6-10-21(30)31)23(33)19-8-7-18(35-19)13-3-5-16(27)15(25)11-13/h3-5,7-9,11,17H,6,10,12H2,1-2H3,(H2,28,32)(H,30,31)/t17-/m0/s1. The molecule has 0 fully saturated rings. The second-order valence-corrected chi connectivity index (χ2v) is 11.8. The molecule has 11 heteroatoms. The summed E-state index contributed by atoms with van der Waals surface area (Å²) in [6, 6.07) is 10.0. The van der Waals surface area contributed by atoms with E-state index in [1.807, 2.05) is 6.07 Å². The van der Waals surface area contributed by atoms with Crippen LogP contribution in [0.2, 0.25) is 9.36 Å². The summed E-state index contributed by atoms with van der Waals surface area (Å²) in [7, 11) is 0. The molecule has 1 atom stereocenters. The van der Waals surface area contributed by atoms with E-state index < -0.39 is 35.2 Å². The van der Waals surface area contributed by atoms with Gasteiger partial charge in [-0.05, 0) is 62.2 Å². The Kier molecular flexibility index (Phi) is 8.58. The minimum Gasteiger partial charge on any atom is -0.481 e. The number of aliphatic carboxylic acids is 1. The van der Waals surface area contributed by atoms with Crippen molar-refractivity contribution in [3.63, 3.8) is 0 Å². The summed E-state index contributed by atoms with van der Waals surface area (Å²) in [5.74, 6) is -2.90. The topological polar surface area (TPSA) is 101 Å². The molecular formula is C24H23Cl2FN2O4S2. The second-order valence-electron chi connectivity index (χ2n) is 8.51. The van der Waals surface area contributed by atoms with E-state index in [9.17, 15) is 23.9 Å². The molecule has 1 aromatic carbocycles. The van der Waals surface area contributed by atoms with Crippen molar-refractivity contribution in [2.75, 3.05) is 0 Å². The van der Waals surface area contributed by atoms with Gasteiger partial charge >= 0.3 is 5.97 Å². The van der Waals surface area contributed by atoms with Crippen molar-refractivity contribution in [2.24, 2.45) is 5.73 Å². The number of hydrogen-bond donors (Lipinski definition) is 2. The Balaban J connectivity index is 2.00. The third-order valence-corrected chi connectivity index (χ3v) is 8.04. The predicted molar refractivity (Wildman–Crippen MR) is 138 cm³/mol. The number of benzene rings is 1. The average molecular weight is 557 g/mol. The molecule has 2 aromatic heterocycles. The summed E-state index contributed by atoms with van der Waals surface area (Å²) >= 11 is 14.5. The molecule has 2 heterocycles. The smallest absolute Gasteiger partial charge is 0.303 e. The molecule has 6 nitrogen and oxygen atoms in total. The number of nitrogens with two attached hydrogens (primary N) is 1. The quantitative estimate of drug-likeness (QED) is 0.314. The lowest BCUT2D eigenvalue weighted by atomic mass is 9.92. The van der Waals surface area contributed by atoms with Gasteiger partial charge in [0.25, 0.3) is 5.91 Å². The average Bonchev–Trinajstić information content (AvgIpc) is 3.41. The van der Waals surface area contributed by atoms with Gasteiger partial charge in [0.15, 0.2) is 0 Å². The third kappa shape index (κ3) is 6.61. The lowest BCUT2D eigenvalue weighted by molar-refractivity contribution is -0.137. The Morgan fingerprint density at radius 2 is 1.83 bits per heavy atom. The van der Waals surface area contributed by atoms with Crippen LogP contribution in [0.15, 0.2) is 42.5 Å². The van der Waals surface area contributed by atoms with Gasteiger partial charge in [0.05, 0.1) is 14.2 Å². The first-order valence-electron chi connectivity index (χ1n) is 10.5. The molecule has 0 aliphatic carbocycles. The summed E-state index contributed by atoms with van der Waals surface area (Å²) in [4.78, 5) is 40.8. The summed E-state index contributed by atoms with van der Waals surface area (Å²) in [6.07, 6.45) is -0.0856. The highest BCUT2D eigenvalue weighted by Gasteiger charge is 2.40. The fourth-order valence-electron chi connectivity index (χ4n) is 3.83. The number of thiophene rings is 2. The second kappa shape index (κ2) is 11.1. The van der Waals surface area contributed by atoms with E-state index in [0.717, 1.165) is 16.2 Å². The highest BCUT2D eigenvalue weighted by Crippen LogP contribution is 2.35. The van der Waals surface area contributed by atoms with Crippen LogP contribution in [0, 0.1) is 5.82 Å². The van der Waals surface area contributed by atoms with Gasteiger partial charge in [0.2, 0.25) is 5.91 Å². The molecule has 0 spiro atoms. The lowest BCUT2D eigenvalue weighted by Crippen LogP contribution is -2.58. The molecule has 0 aliphatic rings. The number of carboxylic acids is 1. The van der Waals surface area contributed by atoms with Gasteiger partial charge < -0.3 is 15.7 Å². The molecule has 35 heavy (non-hydrogen) atoms. The summed E-state index contributed by atoms with van der Waals surface area (Å²) in [5.41, 5.74) is 5.40. The van der Waals surface area contributed by atoms with Crippen LogP contribution in [0.3, 0.4) is 0 Å². The molecule has 0 aliphatic heterocycles. The van der Waals surface area contributed by atoms with Crippen LogP contribution in [-0.2, 0) is 16.0 Å². The largest absolute Gasteiger partial charge is 0.481 e. The fraction of sp³-hybridized carbons (Fsp3) is 0.292. The zero-order valence-corrected chi connectivity index (χ0v) is 22.0. The summed E-state index contributed by atoms with van der Waals surface area (Å²) < 4.78 is 14.2. The maximum Gasteiger partial charge on any atom is 0.303 e. The first kappa shape index (κ1) is 27.1. The number of hydrogen-bond acceptors (Lipinski definition) is 5. The van der Waals surface area contributed by atoms with Crippen molar-refractivity contribution < 1.29 is 23.9 Å². The number of carbonyl (C=O) groups is 3. The first-order valence-corrected chi connectivity index (χ1v) is 12.9. The van der Waals surface area contributed by atoms with Gasteiger partial charge in [-0.2, -0.15) is 0 Å². The fourth-order valence-corrected chi connectivity index (χ4v) is 6.26. The van der Waals surface area contributed by atoms with E-state index in [1.165, 1.54) is 28.4 Å². The molecule has 2 amide bonds. The molecular weight excluding hydrogens is 534 g/mol. The number of carbonyl (C=O) groups excluding carboxylic acids is 2. The predicted octanol–water partition coefficient (Wildman–Crippen LogP) is 6.10. The maximum atomic E-state index is 13.8. The molecule has 0 saturated heterocycles. The Bertz CT molecular complexity index is 1260. The van der Waals surface area contributed by atoms with Crippen molar-refractivity contribution in [3.05, 3.63) is 67.4 Å². The molecule has 3 rings (SSSR count). The molecule has 3 aromatic rings. The number of primary amides is 1. The van der Waals surface area contributed by atoms with E-state index in [2.05, 4.69) is 0 Å². The van der Waals surface area contributed by atoms with E-state index in [0.29, 0.717) is 26.1 Å². The number of halogens is 3. The Morgan fingerprint density at radius 3 is 2.40 bits per heavy atom. The molecule has 186 valence electrons. The van der Waals surface area contributed by atoms with Crippen molar-refractivity contribution in [3.8, 4) is 10.4 Å². The van der Waals surface area contributed by atoms with E-state index in [4.69, 9.17) is 28.9 Å². The van der Waals surface area contributed by atoms with E-state index in [1.54, 1.807) is 38.1 Å². The van der Waals surface area contributed by atoms with Gasteiger partial charge in [-0.15, -0.1) is 22.7 Å². The summed E-state index contributed by atoms with van der Waals surface area (Å²) in [5, 5.41) is 9.15. The maximum absolute atomic E-state index is 13.8. The Hall–Kier alpha value is -2.46. The van der Waals surface area contributed by atoms with Crippen molar-refractivity contribution in [1.82, 2.24) is 4.90 Å². The zero-order chi connectivity index (χ0) is 25.9. The lowest BCUT2D eigenvalue weighted by Gasteiger charge is -2.42. The van der Waals surface area contributed by atoms with Gasteiger partial charge in [-0.3, -0.25) is 14.4 Å². The number of nitrogens with zero attached hydrogens (tertiary/aromatic N) is 1. The van der Waals surface area contributed by atoms with Gasteiger partial charge in [-0.1, -0.05) is 29.3 Å². The monoisotopic (exact) mass is 556 g/mol. The van der Waals surface area contributed by atoms with Crippen molar-refractivity contribution in [2.45, 2.75) is 44.7 Å². The minimum absolute atomic E-state index is 0.0383. The van der Waals surface area contributed by atoms with Crippen LogP contribution in [0.5, 0.6) is 0 Å². The number of amides is 2. The van der Waals surface area contributed by atoms with Crippen LogP contribution < -0.4 is 5.73 Å². The van der Waals surface area contributed by atoms with Crippen LogP contribution in [-0.4, -0.2) is 39.4 Å². The van der Waals surface area contributed by atoms with Crippen LogP contribution in [0.4, 0.5) is 4.39 Å². The first-order chi connectivity index (χ1) is 16.4. The normalized spacial score (nSPS) is 12.4. The Morgan fingerprint density at radius 1 is 1.11 bits per heavy atom. The SMILES string of the molecule is CC(C)(Cc1ccc(Cl)s1)N(C(=O)c1ccc(-c2ccc(F)c(Cl)c2)s1)[C@@H](CCC(=O)O)C(N)=O. The highest BCUT2D eigenvalue weighted by atomic mass is 35.5. The highest BCUT2D eigenvalue weighted by molar-refractivity contribution is 7.17. The van der Waals surface area contributed by atoms with Gasteiger partial charge in [-0.25, -0.2) is 4.39 Å². The summed E-state index contributed by atoms with van der Waals surface area (Å²) in [6.45, 7) is 3.59. The van der Waals surface area contributed by atoms with Crippen LogP contribution in [0.25, 0.3) is 10.4 Å². The van der Waals surface area contributed by atoms with Gasteiger partial charge in [0.1, 0.15) is 11.9 Å². The molecule has 3 N–H and O–H groups in total. The number of rotatable bonds is 10. The van der Waals surface area contributed by atoms with Crippen molar-refractivity contribution >= 4 is 63.7 Å². The third-order valence-electron chi connectivity index (χ3n) is 5.40. The zero-order valence-electron chi connectivity index (χ0n) is 18.9. The molecule has 0 bridgehead atoms. The number of carboxylic acid groups (broad SMARTS) is 1. The van der Waals surface area contributed by atoms with E-state index >= 15 is 0 Å². The Labute approximate surface area is 220 Å². The molecule has 0 saturated carbocycles. The van der Waals surface area contributed by atoms with E-state index in [-0.39, 0.29) is 17.9 Å². The van der Waals surface area contributed by atoms with Crippen molar-refractivity contribution in [1.29, 1.82) is 0 Å². The van der Waals surface area contributed by atoms with Crippen LogP contribution in [0.1, 0.15) is 41.2 Å². The minimum atomic E-state index is -1.14. The van der Waals surface area contributed by atoms with Gasteiger partial charge in [0, 0.05) is 28.1 Å². The van der Waals surface area contributed by atoms with Crippen LogP contribution >= 0.6 is 45.9 Å². The molecule has 0 radical (unpaired) electrons. The molecule has 0 unspecified atom stereocenters.